The Balaban J connectivity index is 1.34. The lowest BCUT2D eigenvalue weighted by molar-refractivity contribution is 0.661. The topological polar surface area (TPSA) is 57.6 Å². The Morgan fingerprint density at radius 2 is 0.815 bits per heavy atom. The molecule has 0 saturated heterocycles. The molecule has 2 aliphatic carbocycles. The molecule has 0 spiro atoms. The van der Waals surface area contributed by atoms with Crippen molar-refractivity contribution in [3.05, 3.63) is 167 Å². The summed E-state index contributed by atoms with van der Waals surface area (Å²) in [5.74, 6) is 0. The highest BCUT2D eigenvalue weighted by atomic mass is 15.1. The molecule has 0 fully saturated rings. The van der Waals surface area contributed by atoms with Crippen LogP contribution >= 0.6 is 0 Å². The number of para-hydroxylation sites is 2. The lowest BCUT2D eigenvalue weighted by atomic mass is 9.81. The third kappa shape index (κ3) is 3.82. The van der Waals surface area contributed by atoms with Crippen molar-refractivity contribution < 1.29 is 0 Å². The van der Waals surface area contributed by atoms with E-state index in [9.17, 15) is 0 Å². The smallest absolute Gasteiger partial charge is 0.0709 e. The Morgan fingerprint density at radius 3 is 1.37 bits per heavy atom. The zero-order chi connectivity index (χ0) is 36.7. The molecule has 0 radical (unpaired) electrons. The molecule has 258 valence electrons. The second-order valence-electron chi connectivity index (χ2n) is 16.1. The standard InChI is InChI=1S/C50H38N4/c1-49(2)40-18-10-6-14-32(40)36-25-45-38(24-41(36)49)37-23-35-31-13-5-9-17-39(31)50(3,4)42(35)26-46(37)54(45)48-22-30(28-52)29(27-51)21-47(48)53-43-19-11-7-15-33(43)34-16-8-12-20-44(34)53/h5-28,51-52H,1-4H3. The van der Waals surface area contributed by atoms with Crippen LogP contribution in [-0.2, 0) is 10.8 Å². The fourth-order valence-corrected chi connectivity index (χ4v) is 10.1. The molecule has 7 aromatic carbocycles. The van der Waals surface area contributed by atoms with Gasteiger partial charge in [0.25, 0.3) is 0 Å². The molecule has 2 heterocycles. The Hall–Kier alpha value is -6.52. The Kier molecular flexibility index (Phi) is 6.06. The second kappa shape index (κ2) is 10.5. The van der Waals surface area contributed by atoms with E-state index in [2.05, 4.69) is 170 Å². The van der Waals surface area contributed by atoms with Gasteiger partial charge < -0.3 is 20.0 Å². The fraction of sp³-hybridized carbons (Fsp3) is 0.120. The van der Waals surface area contributed by atoms with E-state index in [0.29, 0.717) is 11.1 Å². The van der Waals surface area contributed by atoms with Crippen LogP contribution in [0.3, 0.4) is 0 Å². The van der Waals surface area contributed by atoms with Crippen molar-refractivity contribution in [3.63, 3.8) is 0 Å². The first-order valence-electron chi connectivity index (χ1n) is 18.8. The summed E-state index contributed by atoms with van der Waals surface area (Å²) in [5, 5.41) is 21.8. The largest absolute Gasteiger partial charge is 0.308 e. The van der Waals surface area contributed by atoms with Crippen LogP contribution in [-0.4, -0.2) is 21.6 Å². The first kappa shape index (κ1) is 31.0. The predicted octanol–water partition coefficient (Wildman–Crippen LogP) is 12.5. The highest BCUT2D eigenvalue weighted by molar-refractivity contribution is 6.15. The fourth-order valence-electron chi connectivity index (χ4n) is 10.1. The van der Waals surface area contributed by atoms with Gasteiger partial charge in [0.15, 0.2) is 0 Å². The SMILES string of the molecule is CC1(C)c2ccccc2-c2cc3c(cc21)c1cc2c(cc1n3-c1cc(C=N)c(C=N)cc1-n1c3ccccc3c3ccccc31)C(C)(C)c1ccccc1-2. The molecule has 11 rings (SSSR count). The lowest BCUT2D eigenvalue weighted by Crippen LogP contribution is -2.15. The lowest BCUT2D eigenvalue weighted by Gasteiger charge is -2.22. The van der Waals surface area contributed by atoms with Gasteiger partial charge in [0, 0.05) is 55.9 Å². The highest BCUT2D eigenvalue weighted by Gasteiger charge is 2.39. The molecule has 4 heteroatoms. The molecule has 54 heavy (non-hydrogen) atoms. The maximum atomic E-state index is 8.55. The van der Waals surface area contributed by atoms with E-state index in [4.69, 9.17) is 10.8 Å². The molecule has 4 nitrogen and oxygen atoms in total. The first-order valence-corrected chi connectivity index (χ1v) is 18.8. The monoisotopic (exact) mass is 694 g/mol. The van der Waals surface area contributed by atoms with Crippen molar-refractivity contribution in [2.75, 3.05) is 0 Å². The number of aromatic nitrogens is 2. The van der Waals surface area contributed by atoms with Crippen LogP contribution in [0.5, 0.6) is 0 Å². The molecule has 2 aromatic heterocycles. The predicted molar refractivity (Wildman–Crippen MR) is 226 cm³/mol. The van der Waals surface area contributed by atoms with Gasteiger partial charge in [-0.1, -0.05) is 113 Å². The van der Waals surface area contributed by atoms with Crippen molar-refractivity contribution >= 4 is 56.0 Å². The zero-order valence-corrected chi connectivity index (χ0v) is 30.8. The number of nitrogens with zero attached hydrogens (tertiary/aromatic N) is 2. The normalized spacial score (nSPS) is 14.7. The molecule has 0 atom stereocenters. The van der Waals surface area contributed by atoms with E-state index in [1.807, 2.05) is 0 Å². The maximum absolute atomic E-state index is 8.55. The van der Waals surface area contributed by atoms with Crippen LogP contribution < -0.4 is 0 Å². The zero-order valence-electron chi connectivity index (χ0n) is 30.8. The van der Waals surface area contributed by atoms with Crippen LogP contribution in [0, 0.1) is 10.8 Å². The van der Waals surface area contributed by atoms with Gasteiger partial charge in [0.1, 0.15) is 0 Å². The minimum absolute atomic E-state index is 0.146. The van der Waals surface area contributed by atoms with E-state index < -0.39 is 0 Å². The molecule has 0 unspecified atom stereocenters. The van der Waals surface area contributed by atoms with E-state index in [0.717, 1.165) is 33.4 Å². The van der Waals surface area contributed by atoms with E-state index in [1.165, 1.54) is 78.5 Å². The third-order valence-corrected chi connectivity index (χ3v) is 12.7. The number of nitrogens with one attached hydrogen (secondary N) is 2. The molecule has 2 N–H and O–H groups in total. The van der Waals surface area contributed by atoms with Gasteiger partial charge in [0.2, 0.25) is 0 Å². The van der Waals surface area contributed by atoms with E-state index in [-0.39, 0.29) is 10.8 Å². The third-order valence-electron chi connectivity index (χ3n) is 12.7. The van der Waals surface area contributed by atoms with Crippen LogP contribution in [0.4, 0.5) is 0 Å². The number of hydrogen-bond donors (Lipinski definition) is 2. The molecule has 2 aliphatic rings. The minimum Gasteiger partial charge on any atom is -0.308 e. The quantitative estimate of drug-likeness (QED) is 0.172. The van der Waals surface area contributed by atoms with Crippen LogP contribution in [0.1, 0.15) is 61.1 Å². The van der Waals surface area contributed by atoms with Crippen LogP contribution in [0.25, 0.3) is 77.2 Å². The van der Waals surface area contributed by atoms with Crippen LogP contribution in [0.15, 0.2) is 133 Å². The van der Waals surface area contributed by atoms with Gasteiger partial charge in [-0.05, 0) is 93.0 Å². The minimum atomic E-state index is -0.177. The molecule has 0 bridgehead atoms. The van der Waals surface area contributed by atoms with Gasteiger partial charge >= 0.3 is 0 Å². The van der Waals surface area contributed by atoms with Gasteiger partial charge in [-0.3, -0.25) is 0 Å². The number of fused-ring (bicyclic) bond motifs is 12. The number of benzene rings is 7. The van der Waals surface area contributed by atoms with Gasteiger partial charge in [-0.2, -0.15) is 0 Å². The summed E-state index contributed by atoms with van der Waals surface area (Å²) in [4.78, 5) is 0. The van der Waals surface area contributed by atoms with Gasteiger partial charge in [-0.15, -0.1) is 0 Å². The van der Waals surface area contributed by atoms with Crippen LogP contribution in [0.2, 0.25) is 0 Å². The summed E-state index contributed by atoms with van der Waals surface area (Å²) >= 11 is 0. The van der Waals surface area contributed by atoms with Crippen molar-refractivity contribution in [1.82, 2.24) is 9.13 Å². The summed E-state index contributed by atoms with van der Waals surface area (Å²) in [7, 11) is 0. The van der Waals surface area contributed by atoms with Crippen molar-refractivity contribution in [2.45, 2.75) is 38.5 Å². The summed E-state index contributed by atoms with van der Waals surface area (Å²) in [6, 6.07) is 49.0. The molecule has 0 aliphatic heterocycles. The highest BCUT2D eigenvalue weighted by Crippen LogP contribution is 2.54. The second-order valence-corrected chi connectivity index (χ2v) is 16.1. The van der Waals surface area contributed by atoms with Gasteiger partial charge in [-0.25, -0.2) is 0 Å². The summed E-state index contributed by atoms with van der Waals surface area (Å²) in [6.07, 6.45) is 2.77. The Morgan fingerprint density at radius 1 is 0.389 bits per heavy atom. The van der Waals surface area contributed by atoms with E-state index in [1.54, 1.807) is 0 Å². The van der Waals surface area contributed by atoms with Crippen molar-refractivity contribution in [2.24, 2.45) is 0 Å². The Labute approximate surface area is 314 Å². The first-order chi connectivity index (χ1) is 26.2. The molecule has 0 amide bonds. The summed E-state index contributed by atoms with van der Waals surface area (Å²) in [5.41, 5.74) is 18.1. The van der Waals surface area contributed by atoms with Crippen molar-refractivity contribution in [1.29, 1.82) is 10.8 Å². The Bertz CT molecular complexity index is 3090. The summed E-state index contributed by atoms with van der Waals surface area (Å²) in [6.45, 7) is 9.40. The number of hydrogen-bond acceptors (Lipinski definition) is 2. The average Bonchev–Trinajstić information content (AvgIpc) is 3.84. The maximum Gasteiger partial charge on any atom is 0.0709 e. The molecule has 0 saturated carbocycles. The molecular formula is C50H38N4. The summed E-state index contributed by atoms with van der Waals surface area (Å²) < 4.78 is 4.81. The van der Waals surface area contributed by atoms with Gasteiger partial charge in [0.05, 0.1) is 33.4 Å². The van der Waals surface area contributed by atoms with Crippen molar-refractivity contribution in [3.8, 4) is 33.6 Å². The number of rotatable bonds is 4. The van der Waals surface area contributed by atoms with E-state index >= 15 is 0 Å². The average molecular weight is 695 g/mol. The molecular weight excluding hydrogens is 657 g/mol. The molecule has 9 aromatic rings.